The molecule has 0 atom stereocenters. The van der Waals surface area contributed by atoms with Gasteiger partial charge in [0, 0.05) is 23.5 Å². The average molecular weight is 415 g/mol. The van der Waals surface area contributed by atoms with Crippen LogP contribution in [-0.4, -0.2) is 21.5 Å². The van der Waals surface area contributed by atoms with Crippen LogP contribution in [0.25, 0.3) is 0 Å². The van der Waals surface area contributed by atoms with E-state index in [4.69, 9.17) is 11.6 Å². The van der Waals surface area contributed by atoms with Crippen LogP contribution in [0, 0.1) is 5.41 Å². The first-order chi connectivity index (χ1) is 13.7. The van der Waals surface area contributed by atoms with Gasteiger partial charge in [-0.05, 0) is 61.6 Å². The lowest BCUT2D eigenvalue weighted by Crippen LogP contribution is -2.19. The number of nitrogens with zero attached hydrogens (tertiary/aromatic N) is 3. The lowest BCUT2D eigenvalue weighted by Gasteiger charge is -2.19. The Hall–Kier alpha value is -2.07. The number of benzene rings is 1. The third-order valence-corrected chi connectivity index (χ3v) is 4.89. The molecule has 0 radical (unpaired) electrons. The molecule has 1 heterocycles. The SMILES string of the molecule is C=C(CCCCc1cn(CC(=C)NCCc2ccc(Cl)cc2)nn1)CC(C)(C)C. The van der Waals surface area contributed by atoms with Gasteiger partial charge in [0.2, 0.25) is 0 Å². The molecule has 29 heavy (non-hydrogen) atoms. The summed E-state index contributed by atoms with van der Waals surface area (Å²) in [6, 6.07) is 7.94. The summed E-state index contributed by atoms with van der Waals surface area (Å²) in [6.07, 6.45) is 8.37. The van der Waals surface area contributed by atoms with Crippen LogP contribution in [0.15, 0.2) is 54.9 Å². The molecule has 5 heteroatoms. The molecule has 0 aliphatic rings. The number of hydrogen-bond donors (Lipinski definition) is 1. The lowest BCUT2D eigenvalue weighted by molar-refractivity contribution is 0.403. The minimum Gasteiger partial charge on any atom is -0.387 e. The van der Waals surface area contributed by atoms with Gasteiger partial charge in [-0.15, -0.1) is 5.10 Å². The van der Waals surface area contributed by atoms with Crippen LogP contribution in [0.3, 0.4) is 0 Å². The molecule has 0 fully saturated rings. The second-order valence-electron chi connectivity index (χ2n) is 9.01. The highest BCUT2D eigenvalue weighted by molar-refractivity contribution is 6.30. The highest BCUT2D eigenvalue weighted by Crippen LogP contribution is 2.25. The van der Waals surface area contributed by atoms with Crippen LogP contribution in [0.2, 0.25) is 5.02 Å². The molecule has 0 saturated carbocycles. The van der Waals surface area contributed by atoms with Gasteiger partial charge in [-0.3, -0.25) is 0 Å². The molecule has 0 saturated heterocycles. The maximum absolute atomic E-state index is 5.92. The third-order valence-electron chi connectivity index (χ3n) is 4.63. The molecular formula is C24H35ClN4. The predicted molar refractivity (Wildman–Crippen MR) is 123 cm³/mol. The highest BCUT2D eigenvalue weighted by atomic mass is 35.5. The van der Waals surface area contributed by atoms with Crippen molar-refractivity contribution >= 4 is 11.6 Å². The Bertz CT molecular complexity index is 784. The van der Waals surface area contributed by atoms with Crippen LogP contribution in [0.5, 0.6) is 0 Å². The van der Waals surface area contributed by atoms with Gasteiger partial charge < -0.3 is 5.32 Å². The standard InChI is InChI=1S/C24H35ClN4/c1-19(16-24(3,4)5)8-6-7-9-23-18-29(28-27-23)17-20(2)26-15-14-21-10-12-22(25)13-11-21/h10-13,18,26H,1-2,6-9,14-17H2,3-5H3. The smallest absolute Gasteiger partial charge is 0.0827 e. The Kier molecular flexibility index (Phi) is 8.97. The zero-order chi connectivity index (χ0) is 21.3. The Labute approximate surface area is 181 Å². The number of nitrogens with one attached hydrogen (secondary N) is 1. The first-order valence-electron chi connectivity index (χ1n) is 10.4. The van der Waals surface area contributed by atoms with Crippen molar-refractivity contribution in [2.45, 2.75) is 65.8 Å². The largest absolute Gasteiger partial charge is 0.387 e. The van der Waals surface area contributed by atoms with Gasteiger partial charge in [0.15, 0.2) is 0 Å². The van der Waals surface area contributed by atoms with Crippen molar-refractivity contribution in [1.82, 2.24) is 20.3 Å². The van der Waals surface area contributed by atoms with Crippen molar-refractivity contribution in [2.75, 3.05) is 6.54 Å². The summed E-state index contributed by atoms with van der Waals surface area (Å²) in [5.74, 6) is 0. The minimum absolute atomic E-state index is 0.324. The molecule has 0 aliphatic carbocycles. The fourth-order valence-corrected chi connectivity index (χ4v) is 3.46. The van der Waals surface area contributed by atoms with Crippen LogP contribution in [0.4, 0.5) is 0 Å². The summed E-state index contributed by atoms with van der Waals surface area (Å²) in [4.78, 5) is 0. The van der Waals surface area contributed by atoms with E-state index in [1.54, 1.807) is 0 Å². The van der Waals surface area contributed by atoms with Crippen molar-refractivity contribution in [3.8, 4) is 0 Å². The number of hydrogen-bond acceptors (Lipinski definition) is 3. The lowest BCUT2D eigenvalue weighted by atomic mass is 9.87. The van der Waals surface area contributed by atoms with Crippen molar-refractivity contribution in [3.05, 3.63) is 71.2 Å². The van der Waals surface area contributed by atoms with Crippen molar-refractivity contribution < 1.29 is 0 Å². The molecule has 2 aromatic rings. The van der Waals surface area contributed by atoms with E-state index in [-0.39, 0.29) is 0 Å². The van der Waals surface area contributed by atoms with Gasteiger partial charge in [0.05, 0.1) is 12.2 Å². The average Bonchev–Trinajstić information content (AvgIpc) is 3.06. The van der Waals surface area contributed by atoms with Gasteiger partial charge in [-0.2, -0.15) is 0 Å². The van der Waals surface area contributed by atoms with Gasteiger partial charge >= 0.3 is 0 Å². The van der Waals surface area contributed by atoms with Crippen LogP contribution < -0.4 is 5.32 Å². The fourth-order valence-electron chi connectivity index (χ4n) is 3.34. The van der Waals surface area contributed by atoms with Crippen LogP contribution in [0.1, 0.15) is 57.7 Å². The Morgan fingerprint density at radius 3 is 2.52 bits per heavy atom. The molecule has 1 aromatic heterocycles. The number of allylic oxidation sites excluding steroid dienone is 2. The zero-order valence-corrected chi connectivity index (χ0v) is 18.9. The van der Waals surface area contributed by atoms with Gasteiger partial charge in [-0.1, -0.05) is 68.4 Å². The van der Waals surface area contributed by atoms with E-state index >= 15 is 0 Å². The normalized spacial score (nSPS) is 11.4. The second kappa shape index (κ2) is 11.2. The van der Waals surface area contributed by atoms with Gasteiger partial charge in [-0.25, -0.2) is 4.68 Å². The van der Waals surface area contributed by atoms with E-state index in [0.717, 1.165) is 61.5 Å². The predicted octanol–water partition coefficient (Wildman–Crippen LogP) is 5.98. The van der Waals surface area contributed by atoms with E-state index in [2.05, 4.69) is 61.7 Å². The van der Waals surface area contributed by atoms with Crippen molar-refractivity contribution in [3.63, 3.8) is 0 Å². The number of aryl methyl sites for hydroxylation is 1. The summed E-state index contributed by atoms with van der Waals surface area (Å²) >= 11 is 5.92. The van der Waals surface area contributed by atoms with Gasteiger partial charge in [0.25, 0.3) is 0 Å². The van der Waals surface area contributed by atoms with Crippen LogP contribution >= 0.6 is 11.6 Å². The number of rotatable bonds is 12. The van der Waals surface area contributed by atoms with E-state index in [1.807, 2.05) is 23.0 Å². The molecule has 0 aliphatic heterocycles. The second-order valence-corrected chi connectivity index (χ2v) is 9.45. The summed E-state index contributed by atoms with van der Waals surface area (Å²) < 4.78 is 1.85. The summed E-state index contributed by atoms with van der Waals surface area (Å²) in [5.41, 5.74) is 4.91. The topological polar surface area (TPSA) is 42.7 Å². The Morgan fingerprint density at radius 1 is 1.10 bits per heavy atom. The molecule has 158 valence electrons. The molecule has 1 N–H and O–H groups in total. The van der Waals surface area contributed by atoms with Crippen molar-refractivity contribution in [2.24, 2.45) is 5.41 Å². The molecule has 4 nitrogen and oxygen atoms in total. The Morgan fingerprint density at radius 2 is 1.83 bits per heavy atom. The molecule has 0 bridgehead atoms. The zero-order valence-electron chi connectivity index (χ0n) is 18.2. The highest BCUT2D eigenvalue weighted by Gasteiger charge is 2.11. The fraction of sp³-hybridized carbons (Fsp3) is 0.500. The van der Waals surface area contributed by atoms with E-state index in [1.165, 1.54) is 11.1 Å². The van der Waals surface area contributed by atoms with E-state index in [0.29, 0.717) is 12.0 Å². The monoisotopic (exact) mass is 414 g/mol. The summed E-state index contributed by atoms with van der Waals surface area (Å²) in [5, 5.41) is 12.6. The molecule has 0 unspecified atom stereocenters. The van der Waals surface area contributed by atoms with Gasteiger partial charge in [0.1, 0.15) is 0 Å². The van der Waals surface area contributed by atoms with E-state index in [9.17, 15) is 0 Å². The molecular weight excluding hydrogens is 380 g/mol. The number of halogens is 1. The molecule has 0 amide bonds. The number of unbranched alkanes of at least 4 members (excludes halogenated alkanes) is 1. The minimum atomic E-state index is 0.324. The quantitative estimate of drug-likeness (QED) is 0.343. The number of aromatic nitrogens is 3. The summed E-state index contributed by atoms with van der Waals surface area (Å²) in [6.45, 7) is 16.6. The third kappa shape index (κ3) is 9.80. The Balaban J connectivity index is 1.63. The molecule has 0 spiro atoms. The van der Waals surface area contributed by atoms with Crippen molar-refractivity contribution in [1.29, 1.82) is 0 Å². The van der Waals surface area contributed by atoms with E-state index < -0.39 is 0 Å². The summed E-state index contributed by atoms with van der Waals surface area (Å²) in [7, 11) is 0. The first-order valence-corrected chi connectivity index (χ1v) is 10.8. The molecule has 1 aromatic carbocycles. The van der Waals surface area contributed by atoms with Crippen LogP contribution in [-0.2, 0) is 19.4 Å². The maximum atomic E-state index is 5.92. The first kappa shape index (κ1) is 23.2. The maximum Gasteiger partial charge on any atom is 0.0827 e. The molecule has 2 rings (SSSR count).